The minimum atomic E-state index is -4.56. The third-order valence-electron chi connectivity index (χ3n) is 10.2. The topological polar surface area (TPSA) is 108 Å². The second-order valence-corrected chi connectivity index (χ2v) is 18.1. The first-order valence-corrected chi connectivity index (χ1v) is 24.2. The van der Waals surface area contributed by atoms with Crippen LogP contribution in [0.4, 0.5) is 0 Å². The molecule has 320 valence electrons. The number of amides is 1. The predicted octanol–water partition coefficient (Wildman–Crippen LogP) is 11.9. The number of rotatable bonds is 41. The molecule has 0 heterocycles. The molecule has 3 atom stereocenters. The Labute approximate surface area is 334 Å². The summed E-state index contributed by atoms with van der Waals surface area (Å²) in [6.45, 7) is 4.07. The summed E-state index contributed by atoms with van der Waals surface area (Å²) in [5.74, 6) is -0.295. The fraction of sp³-hybridized carbons (Fsp3) is 0.889. The Morgan fingerprint density at radius 1 is 0.630 bits per heavy atom. The molecule has 2 N–H and O–H groups in total. The van der Waals surface area contributed by atoms with Crippen molar-refractivity contribution in [2.24, 2.45) is 0 Å². The molecule has 0 rings (SSSR count). The van der Waals surface area contributed by atoms with Gasteiger partial charge in [-0.25, -0.2) is 0 Å². The second kappa shape index (κ2) is 37.6. The molecule has 0 radical (unpaired) electrons. The van der Waals surface area contributed by atoms with E-state index in [0.717, 1.165) is 19.3 Å². The number of likely N-dealkylation sites (N-methyl/N-ethyl adjacent to an activating group) is 1. The largest absolute Gasteiger partial charge is 0.756 e. The third kappa shape index (κ3) is 39.2. The molecule has 54 heavy (non-hydrogen) atoms. The van der Waals surface area contributed by atoms with Crippen LogP contribution in [0.5, 0.6) is 0 Å². The predicted molar refractivity (Wildman–Crippen MR) is 228 cm³/mol. The Morgan fingerprint density at radius 2 is 1.02 bits per heavy atom. The number of carbonyl (C=O) groups is 1. The highest BCUT2D eigenvalue weighted by Crippen LogP contribution is 2.38. The van der Waals surface area contributed by atoms with Crippen LogP contribution < -0.4 is 10.2 Å². The molecule has 0 aromatic heterocycles. The Morgan fingerprint density at radius 3 is 1.43 bits per heavy atom. The molecule has 8 nitrogen and oxygen atoms in total. The summed E-state index contributed by atoms with van der Waals surface area (Å²) >= 11 is 0. The van der Waals surface area contributed by atoms with Gasteiger partial charge in [0.1, 0.15) is 13.2 Å². The molecule has 0 saturated heterocycles. The molecule has 9 heteroatoms. The van der Waals surface area contributed by atoms with Gasteiger partial charge in [-0.3, -0.25) is 9.36 Å². The minimum Gasteiger partial charge on any atom is -0.756 e. The summed E-state index contributed by atoms with van der Waals surface area (Å²) in [7, 11) is 1.24. The fourth-order valence-electron chi connectivity index (χ4n) is 6.55. The molecule has 3 unspecified atom stereocenters. The number of allylic oxidation sites excluding steroid dienone is 3. The van der Waals surface area contributed by atoms with Crippen LogP contribution in [0.2, 0.25) is 0 Å². The molecule has 0 fully saturated rings. The summed E-state index contributed by atoms with van der Waals surface area (Å²) in [5, 5.41) is 13.3. The van der Waals surface area contributed by atoms with Gasteiger partial charge in [0.2, 0.25) is 5.91 Å². The molecule has 0 aliphatic heterocycles. The minimum absolute atomic E-state index is 0.00800. The van der Waals surface area contributed by atoms with Gasteiger partial charge in [0, 0.05) is 6.42 Å². The van der Waals surface area contributed by atoms with Gasteiger partial charge in [-0.1, -0.05) is 199 Å². The number of phosphoric ester groups is 1. The zero-order valence-corrected chi connectivity index (χ0v) is 37.1. The van der Waals surface area contributed by atoms with Crippen LogP contribution in [0, 0.1) is 0 Å². The lowest BCUT2D eigenvalue weighted by Crippen LogP contribution is -2.45. The van der Waals surface area contributed by atoms with Crippen molar-refractivity contribution in [2.75, 3.05) is 40.9 Å². The Kier molecular flexibility index (Phi) is 36.8. The van der Waals surface area contributed by atoms with Crippen molar-refractivity contribution >= 4 is 13.7 Å². The number of aliphatic hydroxyl groups is 1. The van der Waals surface area contributed by atoms with Gasteiger partial charge in [0.05, 0.1) is 39.9 Å². The van der Waals surface area contributed by atoms with E-state index in [2.05, 4.69) is 24.4 Å². The number of hydrogen-bond acceptors (Lipinski definition) is 6. The molecule has 0 saturated carbocycles. The zero-order chi connectivity index (χ0) is 40.0. The maximum Gasteiger partial charge on any atom is 0.268 e. The SMILES string of the molecule is CCCCCCCCCCCCCCCCCCCCCCCCCCCC/C=C/CC/C=C/C(O)C(COP(=O)([O-])OCC[N+](C)(C)C)NC(=O)CC. The Hall–Kier alpha value is -1.02. The molecule has 1 amide bonds. The molecule has 0 bridgehead atoms. The van der Waals surface area contributed by atoms with Crippen molar-refractivity contribution in [3.8, 4) is 0 Å². The van der Waals surface area contributed by atoms with Crippen molar-refractivity contribution in [3.05, 3.63) is 24.3 Å². The van der Waals surface area contributed by atoms with Crippen molar-refractivity contribution in [1.29, 1.82) is 0 Å². The Bertz CT molecular complexity index is 938. The van der Waals surface area contributed by atoms with Gasteiger partial charge in [0.15, 0.2) is 0 Å². The smallest absolute Gasteiger partial charge is 0.268 e. The molecular weight excluding hydrogens is 695 g/mol. The van der Waals surface area contributed by atoms with Crippen LogP contribution in [-0.2, 0) is 18.4 Å². The van der Waals surface area contributed by atoms with E-state index in [9.17, 15) is 19.4 Å². The van der Waals surface area contributed by atoms with E-state index in [0.29, 0.717) is 11.0 Å². The standard InChI is InChI=1S/C45H89N2O6P/c1-6-8-9-10-11-12-13-14-15-16-17-18-19-20-21-22-23-24-25-26-27-28-29-30-31-32-33-34-35-36-37-38-39-44(48)43(46-45(49)7-2)42-53-54(50,51)52-41-40-47(3,4)5/h34-35,38-39,43-44,48H,6-33,36-37,40-42H2,1-5H3,(H-,46,49,50,51)/b35-34+,39-38+. The lowest BCUT2D eigenvalue weighted by atomic mass is 10.0. The maximum atomic E-state index is 12.2. The number of nitrogens with zero attached hydrogens (tertiary/aromatic N) is 1. The lowest BCUT2D eigenvalue weighted by molar-refractivity contribution is -0.870. The van der Waals surface area contributed by atoms with E-state index < -0.39 is 26.6 Å². The van der Waals surface area contributed by atoms with Crippen LogP contribution in [0.3, 0.4) is 0 Å². The highest BCUT2D eigenvalue weighted by atomic mass is 31.2. The van der Waals surface area contributed by atoms with Crippen molar-refractivity contribution < 1.29 is 32.9 Å². The number of unbranched alkanes of at least 4 members (excludes halogenated alkanes) is 27. The monoisotopic (exact) mass is 785 g/mol. The van der Waals surface area contributed by atoms with Gasteiger partial charge >= 0.3 is 0 Å². The first-order chi connectivity index (χ1) is 26.0. The first-order valence-electron chi connectivity index (χ1n) is 22.7. The fourth-order valence-corrected chi connectivity index (χ4v) is 7.27. The van der Waals surface area contributed by atoms with E-state index in [-0.39, 0.29) is 18.9 Å². The van der Waals surface area contributed by atoms with E-state index in [4.69, 9.17) is 9.05 Å². The normalized spacial score (nSPS) is 14.6. The second-order valence-electron chi connectivity index (χ2n) is 16.7. The Balaban J connectivity index is 3.68. The van der Waals surface area contributed by atoms with Crippen molar-refractivity contribution in [1.82, 2.24) is 5.32 Å². The van der Waals surface area contributed by atoms with Gasteiger partial charge in [-0.05, 0) is 25.7 Å². The molecular formula is C45H89N2O6P. The van der Waals surface area contributed by atoms with Crippen LogP contribution in [0.15, 0.2) is 24.3 Å². The highest BCUT2D eigenvalue weighted by molar-refractivity contribution is 7.45. The van der Waals surface area contributed by atoms with Crippen LogP contribution in [0.25, 0.3) is 0 Å². The average molecular weight is 785 g/mol. The number of carbonyl (C=O) groups excluding carboxylic acids is 1. The number of hydrogen-bond donors (Lipinski definition) is 2. The summed E-state index contributed by atoms with van der Waals surface area (Å²) in [6, 6.07) is -0.896. The van der Waals surface area contributed by atoms with Gasteiger partial charge in [-0.2, -0.15) is 0 Å². The van der Waals surface area contributed by atoms with Crippen molar-refractivity contribution in [3.63, 3.8) is 0 Å². The lowest BCUT2D eigenvalue weighted by Gasteiger charge is -2.29. The quantitative estimate of drug-likeness (QED) is 0.0277. The van der Waals surface area contributed by atoms with Crippen LogP contribution in [-0.4, -0.2) is 68.5 Å². The molecule has 0 spiro atoms. The van der Waals surface area contributed by atoms with E-state index >= 15 is 0 Å². The van der Waals surface area contributed by atoms with Crippen LogP contribution >= 0.6 is 7.82 Å². The number of nitrogens with one attached hydrogen (secondary N) is 1. The first kappa shape index (κ1) is 53.0. The maximum absolute atomic E-state index is 12.2. The number of aliphatic hydroxyl groups excluding tert-OH is 1. The number of phosphoric acid groups is 1. The zero-order valence-electron chi connectivity index (χ0n) is 36.2. The molecule has 0 aliphatic carbocycles. The van der Waals surface area contributed by atoms with Gasteiger partial charge in [-0.15, -0.1) is 0 Å². The molecule has 0 aliphatic rings. The summed E-state index contributed by atoms with van der Waals surface area (Å²) in [5.41, 5.74) is 0. The van der Waals surface area contributed by atoms with E-state index in [1.165, 1.54) is 167 Å². The van der Waals surface area contributed by atoms with Gasteiger partial charge in [0.25, 0.3) is 7.82 Å². The van der Waals surface area contributed by atoms with Gasteiger partial charge < -0.3 is 28.8 Å². The number of quaternary nitrogens is 1. The summed E-state index contributed by atoms with van der Waals surface area (Å²) < 4.78 is 22.6. The average Bonchev–Trinajstić information content (AvgIpc) is 3.12. The third-order valence-corrected chi connectivity index (χ3v) is 11.2. The van der Waals surface area contributed by atoms with E-state index in [1.807, 2.05) is 27.2 Å². The van der Waals surface area contributed by atoms with E-state index in [1.54, 1.807) is 13.0 Å². The highest BCUT2D eigenvalue weighted by Gasteiger charge is 2.22. The van der Waals surface area contributed by atoms with Crippen molar-refractivity contribution in [2.45, 2.75) is 219 Å². The van der Waals surface area contributed by atoms with Crippen LogP contribution in [0.1, 0.15) is 206 Å². The molecule has 0 aromatic carbocycles. The molecule has 0 aromatic rings. The summed E-state index contributed by atoms with van der Waals surface area (Å²) in [6.07, 6.45) is 46.5. The summed E-state index contributed by atoms with van der Waals surface area (Å²) in [4.78, 5) is 24.1.